The summed E-state index contributed by atoms with van der Waals surface area (Å²) in [6.45, 7) is -0.0978. The average Bonchev–Trinajstić information content (AvgIpc) is 2.65. The van der Waals surface area contributed by atoms with Crippen LogP contribution < -0.4 is 4.87 Å². The maximum atomic E-state index is 13.6. The predicted molar refractivity (Wildman–Crippen MR) is 61.7 cm³/mol. The van der Waals surface area contributed by atoms with Gasteiger partial charge in [0.2, 0.25) is 0 Å². The second kappa shape index (κ2) is 4.47. The fraction of sp³-hybridized carbons (Fsp3) is 0.100. The van der Waals surface area contributed by atoms with Crippen molar-refractivity contribution in [3.05, 3.63) is 55.0 Å². The summed E-state index contributed by atoms with van der Waals surface area (Å²) in [5, 5.41) is 1.58. The van der Waals surface area contributed by atoms with Crippen molar-refractivity contribution in [3.63, 3.8) is 0 Å². The molecule has 2 nitrogen and oxygen atoms in total. The van der Waals surface area contributed by atoms with Gasteiger partial charge >= 0.3 is 4.87 Å². The van der Waals surface area contributed by atoms with Crippen molar-refractivity contribution >= 4 is 27.3 Å². The Morgan fingerprint density at radius 3 is 2.75 bits per heavy atom. The maximum Gasteiger partial charge on any atom is 0.307 e. The van der Waals surface area contributed by atoms with Crippen LogP contribution in [-0.4, -0.2) is 4.57 Å². The first-order valence-electron chi connectivity index (χ1n) is 4.36. The van der Waals surface area contributed by atoms with Crippen LogP contribution >= 0.6 is 27.3 Å². The SMILES string of the molecule is O=c1sccn1Cc1c(F)ccc(Br)c1F. The van der Waals surface area contributed by atoms with Crippen molar-refractivity contribution in [2.75, 3.05) is 0 Å². The Bertz CT molecular complexity index is 578. The maximum absolute atomic E-state index is 13.6. The van der Waals surface area contributed by atoms with E-state index in [9.17, 15) is 13.6 Å². The molecule has 0 aliphatic rings. The number of hydrogen-bond donors (Lipinski definition) is 0. The van der Waals surface area contributed by atoms with Gasteiger partial charge in [-0.1, -0.05) is 11.3 Å². The standard InChI is InChI=1S/C10H6BrF2NOS/c11-7-1-2-8(12)6(9(7)13)5-14-3-4-16-10(14)15/h1-4H,5H2. The summed E-state index contributed by atoms with van der Waals surface area (Å²) in [7, 11) is 0. The van der Waals surface area contributed by atoms with E-state index < -0.39 is 11.6 Å². The molecule has 1 aromatic heterocycles. The van der Waals surface area contributed by atoms with Crippen LogP contribution in [0.1, 0.15) is 5.56 Å². The fourth-order valence-electron chi connectivity index (χ4n) is 1.29. The highest BCUT2D eigenvalue weighted by molar-refractivity contribution is 9.10. The van der Waals surface area contributed by atoms with E-state index in [1.54, 1.807) is 5.38 Å². The Hall–Kier alpha value is -1.01. The lowest BCUT2D eigenvalue weighted by atomic mass is 10.2. The summed E-state index contributed by atoms with van der Waals surface area (Å²) >= 11 is 3.97. The van der Waals surface area contributed by atoms with Crippen LogP contribution in [0.5, 0.6) is 0 Å². The van der Waals surface area contributed by atoms with E-state index in [1.807, 2.05) is 0 Å². The van der Waals surface area contributed by atoms with Crippen molar-refractivity contribution in [2.24, 2.45) is 0 Å². The molecule has 0 amide bonds. The van der Waals surface area contributed by atoms with Crippen molar-refractivity contribution < 1.29 is 8.78 Å². The van der Waals surface area contributed by atoms with Gasteiger partial charge in [0, 0.05) is 17.1 Å². The Labute approximate surface area is 102 Å². The van der Waals surface area contributed by atoms with Crippen molar-refractivity contribution in [1.29, 1.82) is 0 Å². The van der Waals surface area contributed by atoms with Gasteiger partial charge in [0.1, 0.15) is 11.6 Å². The summed E-state index contributed by atoms with van der Waals surface area (Å²) in [5.74, 6) is -1.32. The van der Waals surface area contributed by atoms with Gasteiger partial charge in [-0.2, -0.15) is 0 Å². The summed E-state index contributed by atoms with van der Waals surface area (Å²) in [6.07, 6.45) is 1.51. The third-order valence-electron chi connectivity index (χ3n) is 2.11. The predicted octanol–water partition coefficient (Wildman–Crippen LogP) is 3.00. The zero-order chi connectivity index (χ0) is 11.7. The molecule has 16 heavy (non-hydrogen) atoms. The molecule has 0 N–H and O–H groups in total. The van der Waals surface area contributed by atoms with Gasteiger partial charge in [-0.05, 0) is 28.1 Å². The first-order valence-corrected chi connectivity index (χ1v) is 6.03. The minimum atomic E-state index is -0.668. The molecule has 0 aliphatic heterocycles. The summed E-state index contributed by atoms with van der Waals surface area (Å²) in [5.41, 5.74) is -0.116. The molecule has 6 heteroatoms. The highest BCUT2D eigenvalue weighted by Crippen LogP contribution is 2.22. The smallest absolute Gasteiger partial charge is 0.301 e. The van der Waals surface area contributed by atoms with Crippen molar-refractivity contribution in [1.82, 2.24) is 4.57 Å². The Morgan fingerprint density at radius 1 is 1.38 bits per heavy atom. The van der Waals surface area contributed by atoms with Crippen LogP contribution in [0.4, 0.5) is 8.78 Å². The molecule has 1 aromatic carbocycles. The van der Waals surface area contributed by atoms with Crippen LogP contribution in [0.2, 0.25) is 0 Å². The Morgan fingerprint density at radius 2 is 2.12 bits per heavy atom. The van der Waals surface area contributed by atoms with Gasteiger partial charge in [-0.15, -0.1) is 0 Å². The first kappa shape index (κ1) is 11.5. The van der Waals surface area contributed by atoms with E-state index in [1.165, 1.54) is 22.9 Å². The topological polar surface area (TPSA) is 22.0 Å². The highest BCUT2D eigenvalue weighted by atomic mass is 79.9. The minimum Gasteiger partial charge on any atom is -0.301 e. The lowest BCUT2D eigenvalue weighted by Gasteiger charge is -2.06. The number of halogens is 3. The van der Waals surface area contributed by atoms with Gasteiger partial charge < -0.3 is 4.57 Å². The zero-order valence-electron chi connectivity index (χ0n) is 7.91. The molecule has 2 aromatic rings. The van der Waals surface area contributed by atoms with Gasteiger partial charge in [0.05, 0.1) is 11.0 Å². The van der Waals surface area contributed by atoms with E-state index >= 15 is 0 Å². The molecule has 0 atom stereocenters. The van der Waals surface area contributed by atoms with E-state index in [0.29, 0.717) is 0 Å². The molecular weight excluding hydrogens is 300 g/mol. The molecule has 84 valence electrons. The number of benzene rings is 1. The lowest BCUT2D eigenvalue weighted by molar-refractivity contribution is 0.539. The van der Waals surface area contributed by atoms with E-state index in [0.717, 1.165) is 11.3 Å². The summed E-state index contributed by atoms with van der Waals surface area (Å²) < 4.78 is 28.4. The Kier molecular flexibility index (Phi) is 3.20. The fourth-order valence-corrected chi connectivity index (χ4v) is 2.25. The van der Waals surface area contributed by atoms with Crippen LogP contribution in [0.25, 0.3) is 0 Å². The molecule has 0 saturated heterocycles. The molecule has 0 aliphatic carbocycles. The van der Waals surface area contributed by atoms with Gasteiger partial charge in [0.25, 0.3) is 0 Å². The molecule has 0 radical (unpaired) electrons. The van der Waals surface area contributed by atoms with Crippen molar-refractivity contribution in [2.45, 2.75) is 6.54 Å². The molecular formula is C10H6BrF2NOS. The molecule has 0 unspecified atom stereocenters. The molecule has 0 bridgehead atoms. The van der Waals surface area contributed by atoms with E-state index in [4.69, 9.17) is 0 Å². The molecule has 1 heterocycles. The molecule has 0 fully saturated rings. The second-order valence-electron chi connectivity index (χ2n) is 3.12. The normalized spacial score (nSPS) is 10.7. The first-order chi connectivity index (χ1) is 7.59. The third-order valence-corrected chi connectivity index (χ3v) is 3.42. The lowest BCUT2D eigenvalue weighted by Crippen LogP contribution is -2.14. The summed E-state index contributed by atoms with van der Waals surface area (Å²) in [4.78, 5) is 11.0. The number of aromatic nitrogens is 1. The van der Waals surface area contributed by atoms with Crippen LogP contribution in [-0.2, 0) is 6.54 Å². The molecule has 0 saturated carbocycles. The second-order valence-corrected chi connectivity index (χ2v) is 4.83. The number of hydrogen-bond acceptors (Lipinski definition) is 2. The average molecular weight is 306 g/mol. The molecule has 2 rings (SSSR count). The third kappa shape index (κ3) is 2.08. The molecule has 0 spiro atoms. The van der Waals surface area contributed by atoms with Gasteiger partial charge in [-0.25, -0.2) is 8.78 Å². The number of nitrogens with zero attached hydrogens (tertiary/aromatic N) is 1. The zero-order valence-corrected chi connectivity index (χ0v) is 10.3. The van der Waals surface area contributed by atoms with Crippen LogP contribution in [0.15, 0.2) is 33.0 Å². The van der Waals surface area contributed by atoms with Gasteiger partial charge in [-0.3, -0.25) is 4.79 Å². The van der Waals surface area contributed by atoms with Crippen LogP contribution in [0.3, 0.4) is 0 Å². The van der Waals surface area contributed by atoms with E-state index in [-0.39, 0.29) is 21.5 Å². The Balaban J connectivity index is 2.46. The van der Waals surface area contributed by atoms with Gasteiger partial charge in [0.15, 0.2) is 0 Å². The quantitative estimate of drug-likeness (QED) is 0.782. The number of thiazole rings is 1. The monoisotopic (exact) mass is 305 g/mol. The minimum absolute atomic E-state index is 0.0978. The van der Waals surface area contributed by atoms with Crippen LogP contribution in [0, 0.1) is 11.6 Å². The number of rotatable bonds is 2. The van der Waals surface area contributed by atoms with Crippen molar-refractivity contribution in [3.8, 4) is 0 Å². The largest absolute Gasteiger partial charge is 0.307 e. The highest BCUT2D eigenvalue weighted by Gasteiger charge is 2.13. The summed E-state index contributed by atoms with van der Waals surface area (Å²) in [6, 6.07) is 2.46. The van der Waals surface area contributed by atoms with E-state index in [2.05, 4.69) is 15.9 Å².